The Morgan fingerprint density at radius 1 is 1.08 bits per heavy atom. The summed E-state index contributed by atoms with van der Waals surface area (Å²) in [5, 5.41) is 10.8. The Kier molecular flexibility index (Phi) is 5.64. The fourth-order valence-electron chi connectivity index (χ4n) is 3.98. The molecule has 0 atom stereocenters. The summed E-state index contributed by atoms with van der Waals surface area (Å²) in [5.74, 6) is 0.120. The summed E-state index contributed by atoms with van der Waals surface area (Å²) in [5.41, 5.74) is -0.510. The van der Waals surface area contributed by atoms with E-state index < -0.39 is 5.41 Å². The van der Waals surface area contributed by atoms with E-state index in [-0.39, 0.29) is 5.91 Å². The minimum Gasteiger partial charge on any atom is -0.588 e. The minimum atomic E-state index is -0.510. The predicted molar refractivity (Wildman–Crippen MR) is 96.1 cm³/mol. The third kappa shape index (κ3) is 4.53. The van der Waals surface area contributed by atoms with Gasteiger partial charge in [-0.05, 0) is 25.7 Å². The first-order chi connectivity index (χ1) is 11.9. The predicted octanol–water partition coefficient (Wildman–Crippen LogP) is 4.14. The number of nitrogens with zero attached hydrogens (tertiary/aromatic N) is 4. The van der Waals surface area contributed by atoms with Crippen molar-refractivity contribution in [2.45, 2.75) is 97.1 Å². The summed E-state index contributed by atoms with van der Waals surface area (Å²) in [7, 11) is 0. The Morgan fingerprint density at radius 3 is 2.08 bits per heavy atom. The highest BCUT2D eigenvalue weighted by Crippen LogP contribution is 2.29. The van der Waals surface area contributed by atoms with Crippen molar-refractivity contribution in [2.24, 2.45) is 5.41 Å². The van der Waals surface area contributed by atoms with Crippen LogP contribution in [0.3, 0.4) is 0 Å². The molecular formula is C19H32N4O2. The van der Waals surface area contributed by atoms with E-state index in [9.17, 15) is 4.79 Å². The number of hydrogen-bond acceptors (Lipinski definition) is 4. The summed E-state index contributed by atoms with van der Waals surface area (Å²) < 4.78 is 5.38. The molecule has 0 saturated heterocycles. The minimum absolute atomic E-state index is 0.183. The van der Waals surface area contributed by atoms with Gasteiger partial charge in [0.15, 0.2) is 0 Å². The first-order valence-corrected chi connectivity index (χ1v) is 9.88. The molecule has 6 heteroatoms. The average molecular weight is 348 g/mol. The lowest BCUT2D eigenvalue weighted by Gasteiger charge is -2.35. The highest BCUT2D eigenvalue weighted by molar-refractivity contribution is 5.98. The molecule has 1 aromatic heterocycles. The van der Waals surface area contributed by atoms with E-state index in [1.165, 1.54) is 64.2 Å². The summed E-state index contributed by atoms with van der Waals surface area (Å²) in [6, 6.07) is 1.02. The molecule has 1 amide bonds. The fraction of sp³-hybridized carbons (Fsp3) is 0.842. The summed E-state index contributed by atoms with van der Waals surface area (Å²) in [6.07, 6.45) is 14.4. The van der Waals surface area contributed by atoms with Gasteiger partial charge in [-0.25, -0.2) is 0 Å². The first kappa shape index (κ1) is 18.2. The van der Waals surface area contributed by atoms with E-state index in [0.29, 0.717) is 18.0 Å². The van der Waals surface area contributed by atoms with Gasteiger partial charge in [-0.15, -0.1) is 5.01 Å². The smallest absolute Gasteiger partial charge is 0.257 e. The van der Waals surface area contributed by atoms with Crippen molar-refractivity contribution >= 4 is 11.8 Å². The van der Waals surface area contributed by atoms with Crippen molar-refractivity contribution in [1.82, 2.24) is 5.27 Å². The highest BCUT2D eigenvalue weighted by Gasteiger charge is 2.36. The van der Waals surface area contributed by atoms with Gasteiger partial charge in [0.05, 0.1) is 22.8 Å². The standard InChI is InChI=1S/C19H32N4O2/c1-19(2,3)18(24)20-17-14-22(21-25-17)23(15-10-6-4-7-11-15)16-12-8-5-9-13-16/h14-16H,4-13H2,1-3H3. The lowest BCUT2D eigenvalue weighted by molar-refractivity contribution is -0.766. The summed E-state index contributed by atoms with van der Waals surface area (Å²) in [4.78, 5) is 14.0. The number of hydrogen-bond donors (Lipinski definition) is 0. The van der Waals surface area contributed by atoms with Crippen LogP contribution in [-0.4, -0.2) is 23.3 Å². The molecule has 2 saturated carbocycles. The third-order valence-electron chi connectivity index (χ3n) is 5.43. The molecule has 0 aliphatic heterocycles. The molecule has 0 spiro atoms. The first-order valence-electron chi connectivity index (χ1n) is 9.88. The van der Waals surface area contributed by atoms with Crippen LogP contribution < -0.4 is 9.80 Å². The zero-order valence-corrected chi connectivity index (χ0v) is 15.9. The number of carbonyl (C=O) groups excluding carboxylic acids is 1. The molecule has 25 heavy (non-hydrogen) atoms. The van der Waals surface area contributed by atoms with Gasteiger partial charge in [-0.2, -0.15) is 0 Å². The largest absolute Gasteiger partial charge is 0.588 e. The van der Waals surface area contributed by atoms with E-state index in [1.807, 2.05) is 25.6 Å². The van der Waals surface area contributed by atoms with Gasteiger partial charge >= 0.3 is 0 Å². The van der Waals surface area contributed by atoms with Crippen LogP contribution in [0.4, 0.5) is 5.88 Å². The Labute approximate surface area is 150 Å². The number of carbonyl (C=O) groups is 1. The highest BCUT2D eigenvalue weighted by atomic mass is 16.5. The normalized spacial score (nSPS) is 20.4. The van der Waals surface area contributed by atoms with E-state index in [4.69, 9.17) is 4.52 Å². The number of aromatic nitrogens is 2. The molecule has 2 fully saturated rings. The van der Waals surface area contributed by atoms with Crippen LogP contribution in [0.5, 0.6) is 0 Å². The van der Waals surface area contributed by atoms with Crippen molar-refractivity contribution < 1.29 is 14.1 Å². The quantitative estimate of drug-likeness (QED) is 0.767. The Balaban J connectivity index is 1.77. The van der Waals surface area contributed by atoms with Crippen molar-refractivity contribution in [3.8, 4) is 0 Å². The van der Waals surface area contributed by atoms with Gasteiger partial charge in [0.25, 0.3) is 6.20 Å². The molecule has 0 aromatic carbocycles. The Hall–Kier alpha value is -1.59. The van der Waals surface area contributed by atoms with Gasteiger partial charge in [0.1, 0.15) is 5.88 Å². The molecule has 1 aromatic rings. The molecule has 140 valence electrons. The topological polar surface area (TPSA) is 64.3 Å². The van der Waals surface area contributed by atoms with Crippen LogP contribution in [0.15, 0.2) is 10.7 Å². The van der Waals surface area contributed by atoms with Crippen LogP contribution in [0.25, 0.3) is 5.32 Å². The zero-order chi connectivity index (χ0) is 17.9. The van der Waals surface area contributed by atoms with Crippen LogP contribution in [0, 0.1) is 5.41 Å². The Morgan fingerprint density at radius 2 is 1.60 bits per heavy atom. The van der Waals surface area contributed by atoms with Crippen LogP contribution in [0.1, 0.15) is 85.0 Å². The van der Waals surface area contributed by atoms with Gasteiger partial charge in [0, 0.05) is 5.41 Å². The third-order valence-corrected chi connectivity index (χ3v) is 5.43. The number of amides is 1. The molecule has 6 nitrogen and oxygen atoms in total. The maximum Gasteiger partial charge on any atom is 0.257 e. The fourth-order valence-corrected chi connectivity index (χ4v) is 3.98. The zero-order valence-electron chi connectivity index (χ0n) is 15.9. The van der Waals surface area contributed by atoms with E-state index in [1.54, 1.807) is 6.20 Å². The van der Waals surface area contributed by atoms with Gasteiger partial charge in [-0.1, -0.05) is 59.3 Å². The molecule has 0 N–H and O–H groups in total. The molecule has 2 aliphatic rings. The van der Waals surface area contributed by atoms with Gasteiger partial charge in [0.2, 0.25) is 5.27 Å². The Bertz CT molecular complexity index is 548. The molecule has 3 rings (SSSR count). The monoisotopic (exact) mass is 348 g/mol. The maximum absolute atomic E-state index is 12.1. The summed E-state index contributed by atoms with van der Waals surface area (Å²) >= 11 is 0. The lowest BCUT2D eigenvalue weighted by atomic mass is 9.90. The van der Waals surface area contributed by atoms with Crippen molar-refractivity contribution in [2.75, 3.05) is 5.01 Å². The molecule has 0 unspecified atom stereocenters. The molecule has 1 heterocycles. The SMILES string of the molecule is CC(C)(C)C(=O)[N-]c1c[n+](N(C2CCCCC2)C2CCCCC2)no1. The molecular weight excluding hydrogens is 316 g/mol. The second-order valence-corrected chi connectivity index (χ2v) is 8.59. The molecule has 2 aliphatic carbocycles. The summed E-state index contributed by atoms with van der Waals surface area (Å²) in [6.45, 7) is 5.58. The van der Waals surface area contributed by atoms with Crippen LogP contribution in [0.2, 0.25) is 0 Å². The lowest BCUT2D eigenvalue weighted by Crippen LogP contribution is -2.68. The van der Waals surface area contributed by atoms with Crippen molar-refractivity contribution in [1.29, 1.82) is 0 Å². The van der Waals surface area contributed by atoms with Gasteiger partial charge in [-0.3, -0.25) is 0 Å². The average Bonchev–Trinajstić information content (AvgIpc) is 3.04. The number of rotatable bonds is 4. The molecule has 0 radical (unpaired) electrons. The van der Waals surface area contributed by atoms with E-state index in [2.05, 4.69) is 15.6 Å². The second-order valence-electron chi connectivity index (χ2n) is 8.59. The second kappa shape index (κ2) is 7.75. The van der Waals surface area contributed by atoms with Crippen LogP contribution >= 0.6 is 0 Å². The molecule has 0 bridgehead atoms. The van der Waals surface area contributed by atoms with Gasteiger partial charge < -0.3 is 14.6 Å². The van der Waals surface area contributed by atoms with Crippen LogP contribution in [-0.2, 0) is 4.79 Å². The van der Waals surface area contributed by atoms with E-state index >= 15 is 0 Å². The van der Waals surface area contributed by atoms with E-state index in [0.717, 1.165) is 0 Å². The van der Waals surface area contributed by atoms with Crippen molar-refractivity contribution in [3.05, 3.63) is 11.5 Å². The van der Waals surface area contributed by atoms with Crippen molar-refractivity contribution in [3.63, 3.8) is 0 Å². The maximum atomic E-state index is 12.1.